The lowest BCUT2D eigenvalue weighted by molar-refractivity contribution is 0.0684. The van der Waals surface area contributed by atoms with Crippen molar-refractivity contribution in [3.8, 4) is 0 Å². The van der Waals surface area contributed by atoms with Crippen molar-refractivity contribution < 1.29 is 13.8 Å². The van der Waals surface area contributed by atoms with Gasteiger partial charge >= 0.3 is 0 Å². The molecule has 122 valence electrons. The molecule has 1 saturated heterocycles. The van der Waals surface area contributed by atoms with Crippen molar-refractivity contribution in [3.63, 3.8) is 0 Å². The number of nitrogens with zero attached hydrogens (tertiary/aromatic N) is 4. The van der Waals surface area contributed by atoms with Crippen LogP contribution in [0.4, 0.5) is 0 Å². The maximum atomic E-state index is 12.9. The highest BCUT2D eigenvalue weighted by Gasteiger charge is 2.32. The van der Waals surface area contributed by atoms with Crippen LogP contribution in [0.5, 0.6) is 0 Å². The number of amides is 1. The smallest absolute Gasteiger partial charge is 0.276 e. The van der Waals surface area contributed by atoms with Crippen LogP contribution in [0.1, 0.15) is 65.1 Å². The van der Waals surface area contributed by atoms with Gasteiger partial charge in [-0.3, -0.25) is 4.79 Å². The average Bonchev–Trinajstić information content (AvgIpc) is 3.20. The van der Waals surface area contributed by atoms with Crippen molar-refractivity contribution in [2.45, 2.75) is 51.4 Å². The van der Waals surface area contributed by atoms with Crippen molar-refractivity contribution in [3.05, 3.63) is 28.7 Å². The van der Waals surface area contributed by atoms with Gasteiger partial charge in [0.1, 0.15) is 5.76 Å². The van der Waals surface area contributed by atoms with E-state index in [4.69, 9.17) is 9.05 Å². The molecule has 1 aliphatic heterocycles. The number of hydrogen-bond donors (Lipinski definition) is 0. The minimum atomic E-state index is -0.0298. The molecular formula is C16H20N4O3. The highest BCUT2D eigenvalue weighted by molar-refractivity contribution is 5.94. The summed E-state index contributed by atoms with van der Waals surface area (Å²) < 4.78 is 10.7. The van der Waals surface area contributed by atoms with Gasteiger partial charge in [0.05, 0.1) is 5.92 Å². The van der Waals surface area contributed by atoms with Gasteiger partial charge in [-0.25, -0.2) is 0 Å². The minimum Gasteiger partial charge on any atom is -0.360 e. The first-order chi connectivity index (χ1) is 11.2. The number of aromatic nitrogens is 3. The molecule has 0 aromatic carbocycles. The van der Waals surface area contributed by atoms with E-state index >= 15 is 0 Å². The quantitative estimate of drug-likeness (QED) is 0.845. The molecule has 0 spiro atoms. The Morgan fingerprint density at radius 3 is 2.87 bits per heavy atom. The minimum absolute atomic E-state index is 0.0298. The molecule has 2 aliphatic rings. The number of carbonyl (C=O) groups excluding carboxylic acids is 1. The summed E-state index contributed by atoms with van der Waals surface area (Å²) in [6.45, 7) is 3.15. The topological polar surface area (TPSA) is 85.3 Å². The van der Waals surface area contributed by atoms with Crippen molar-refractivity contribution in [2.75, 3.05) is 13.1 Å². The number of likely N-dealkylation sites (tertiary alicyclic amines) is 1. The van der Waals surface area contributed by atoms with Gasteiger partial charge in [-0.05, 0) is 39.0 Å². The molecule has 0 saturated carbocycles. The van der Waals surface area contributed by atoms with E-state index in [1.165, 1.54) is 0 Å². The second-order valence-corrected chi connectivity index (χ2v) is 6.41. The second kappa shape index (κ2) is 5.79. The third kappa shape index (κ3) is 2.64. The Morgan fingerprint density at radius 2 is 2.04 bits per heavy atom. The molecule has 0 radical (unpaired) electrons. The van der Waals surface area contributed by atoms with Gasteiger partial charge in [0.15, 0.2) is 11.5 Å². The molecule has 1 atom stereocenters. The number of aryl methyl sites for hydroxylation is 2. The lowest BCUT2D eigenvalue weighted by atomic mass is 9.94. The molecule has 23 heavy (non-hydrogen) atoms. The predicted molar refractivity (Wildman–Crippen MR) is 80.1 cm³/mol. The Bertz CT molecular complexity index is 721. The molecule has 7 heteroatoms. The van der Waals surface area contributed by atoms with Crippen LogP contribution in [0, 0.1) is 6.92 Å². The first-order valence-corrected chi connectivity index (χ1v) is 8.29. The van der Waals surface area contributed by atoms with E-state index in [-0.39, 0.29) is 11.8 Å². The van der Waals surface area contributed by atoms with E-state index in [9.17, 15) is 4.79 Å². The molecule has 1 amide bonds. The summed E-state index contributed by atoms with van der Waals surface area (Å²) in [5.41, 5.74) is 1.51. The van der Waals surface area contributed by atoms with Crippen LogP contribution in [0.25, 0.3) is 0 Å². The lowest BCUT2D eigenvalue weighted by Crippen LogP contribution is -2.39. The number of hydrogen-bond acceptors (Lipinski definition) is 6. The standard InChI is InChI=1S/C16H20N4O3/c1-10-17-15(23-18-10)11-5-4-8-20(9-11)16(21)14-12-6-2-3-7-13(12)22-19-14/h11H,2-9H2,1H3. The predicted octanol–water partition coefficient (Wildman–Crippen LogP) is 2.26. The highest BCUT2D eigenvalue weighted by Crippen LogP contribution is 2.29. The van der Waals surface area contributed by atoms with E-state index in [0.29, 0.717) is 24.0 Å². The fourth-order valence-corrected chi connectivity index (χ4v) is 3.54. The Balaban J connectivity index is 1.53. The van der Waals surface area contributed by atoms with Gasteiger partial charge < -0.3 is 13.9 Å². The van der Waals surface area contributed by atoms with E-state index in [0.717, 1.165) is 56.4 Å². The number of fused-ring (bicyclic) bond motifs is 1. The summed E-state index contributed by atoms with van der Waals surface area (Å²) in [6, 6.07) is 0. The van der Waals surface area contributed by atoms with Gasteiger partial charge in [-0.1, -0.05) is 10.3 Å². The third-order valence-electron chi connectivity index (χ3n) is 4.75. The maximum absolute atomic E-state index is 12.9. The summed E-state index contributed by atoms with van der Waals surface area (Å²) in [7, 11) is 0. The van der Waals surface area contributed by atoms with Crippen LogP contribution in [0.15, 0.2) is 9.05 Å². The molecule has 3 heterocycles. The average molecular weight is 316 g/mol. The summed E-state index contributed by atoms with van der Waals surface area (Å²) in [4.78, 5) is 19.0. The SMILES string of the molecule is Cc1noc(C2CCCN(C(=O)c3noc4c3CCCC4)C2)n1. The maximum Gasteiger partial charge on any atom is 0.276 e. The zero-order valence-electron chi connectivity index (χ0n) is 13.2. The van der Waals surface area contributed by atoms with Crippen LogP contribution in [-0.2, 0) is 12.8 Å². The number of rotatable bonds is 2. The summed E-state index contributed by atoms with van der Waals surface area (Å²) in [6.07, 6.45) is 5.87. The van der Waals surface area contributed by atoms with Crippen LogP contribution in [0.2, 0.25) is 0 Å². The molecule has 1 aliphatic carbocycles. The van der Waals surface area contributed by atoms with E-state index < -0.39 is 0 Å². The summed E-state index contributed by atoms with van der Waals surface area (Å²) in [5, 5.41) is 7.91. The number of piperidine rings is 1. The van der Waals surface area contributed by atoms with Crippen molar-refractivity contribution in [1.29, 1.82) is 0 Å². The van der Waals surface area contributed by atoms with Crippen LogP contribution < -0.4 is 0 Å². The Labute approximate surface area is 134 Å². The molecule has 7 nitrogen and oxygen atoms in total. The van der Waals surface area contributed by atoms with Gasteiger partial charge in [0.2, 0.25) is 5.89 Å². The zero-order valence-corrected chi connectivity index (χ0v) is 13.2. The fourth-order valence-electron chi connectivity index (χ4n) is 3.54. The van der Waals surface area contributed by atoms with Gasteiger partial charge in [0.25, 0.3) is 5.91 Å². The van der Waals surface area contributed by atoms with E-state index in [1.807, 2.05) is 4.90 Å². The Kier molecular flexibility index (Phi) is 3.63. The molecule has 0 bridgehead atoms. The third-order valence-corrected chi connectivity index (χ3v) is 4.75. The molecule has 2 aromatic rings. The number of carbonyl (C=O) groups is 1. The highest BCUT2D eigenvalue weighted by atomic mass is 16.5. The molecule has 4 rings (SSSR count). The summed E-state index contributed by atoms with van der Waals surface area (Å²) >= 11 is 0. The van der Waals surface area contributed by atoms with Crippen molar-refractivity contribution >= 4 is 5.91 Å². The normalized spacial score (nSPS) is 21.3. The Hall–Kier alpha value is -2.18. The lowest BCUT2D eigenvalue weighted by Gasteiger charge is -2.30. The second-order valence-electron chi connectivity index (χ2n) is 6.41. The first-order valence-electron chi connectivity index (χ1n) is 8.29. The molecular weight excluding hydrogens is 296 g/mol. The molecule has 2 aromatic heterocycles. The monoisotopic (exact) mass is 316 g/mol. The molecule has 0 N–H and O–H groups in total. The molecule has 1 unspecified atom stereocenters. The Morgan fingerprint density at radius 1 is 1.17 bits per heavy atom. The molecule has 1 fully saturated rings. The van der Waals surface area contributed by atoms with Crippen molar-refractivity contribution in [2.24, 2.45) is 0 Å². The first kappa shape index (κ1) is 14.4. The fraction of sp³-hybridized carbons (Fsp3) is 0.625. The zero-order chi connectivity index (χ0) is 15.8. The summed E-state index contributed by atoms with van der Waals surface area (Å²) in [5.74, 6) is 2.23. The van der Waals surface area contributed by atoms with E-state index in [1.54, 1.807) is 6.92 Å². The van der Waals surface area contributed by atoms with Crippen molar-refractivity contribution in [1.82, 2.24) is 20.2 Å². The largest absolute Gasteiger partial charge is 0.360 e. The van der Waals surface area contributed by atoms with Gasteiger partial charge in [0, 0.05) is 25.1 Å². The van der Waals surface area contributed by atoms with Crippen LogP contribution in [-0.4, -0.2) is 39.2 Å². The van der Waals surface area contributed by atoms with Gasteiger partial charge in [-0.2, -0.15) is 4.98 Å². The van der Waals surface area contributed by atoms with Crippen LogP contribution >= 0.6 is 0 Å². The van der Waals surface area contributed by atoms with E-state index in [2.05, 4.69) is 15.3 Å². The van der Waals surface area contributed by atoms with Gasteiger partial charge in [-0.15, -0.1) is 0 Å². The van der Waals surface area contributed by atoms with Crippen LogP contribution in [0.3, 0.4) is 0 Å².